The molecule has 0 aliphatic rings. The Labute approximate surface area is 102 Å². The van der Waals surface area contributed by atoms with Crippen LogP contribution in [-0.2, 0) is 0 Å². The number of halogens is 3. The lowest BCUT2D eigenvalue weighted by atomic mass is 10.2. The Morgan fingerprint density at radius 2 is 2.06 bits per heavy atom. The number of nitrogen functional groups attached to an aromatic ring is 1. The molecule has 3 nitrogen and oxygen atoms in total. The number of hydrogen-bond acceptors (Lipinski definition) is 4. The van der Waals surface area contributed by atoms with Crippen LogP contribution in [0.5, 0.6) is 5.75 Å². The molecular weight excluding hydrogens is 253 g/mol. The number of rotatable bonds is 5. The molecule has 1 rings (SSSR count). The van der Waals surface area contributed by atoms with Crippen molar-refractivity contribution in [3.8, 4) is 5.75 Å². The lowest BCUT2D eigenvalue weighted by Crippen LogP contribution is -2.09. The molecule has 0 atom stereocenters. The largest absolute Gasteiger partial charge is 0.497 e. The number of thioether (sulfide) groups is 1. The molecule has 0 saturated carbocycles. The van der Waals surface area contributed by atoms with Crippen LogP contribution in [0.2, 0.25) is 0 Å². The number of benzene rings is 1. The van der Waals surface area contributed by atoms with Crippen molar-refractivity contribution in [2.75, 3.05) is 30.5 Å². The van der Waals surface area contributed by atoms with E-state index in [9.17, 15) is 13.2 Å². The molecule has 0 fully saturated rings. The van der Waals surface area contributed by atoms with Crippen LogP contribution >= 0.6 is 11.8 Å². The predicted octanol–water partition coefficient (Wildman–Crippen LogP) is 2.94. The maximum atomic E-state index is 11.9. The average molecular weight is 266 g/mol. The number of nitrogens with two attached hydrogens (primary N) is 1. The summed E-state index contributed by atoms with van der Waals surface area (Å²) in [5, 5.41) is 2.85. The van der Waals surface area contributed by atoms with Crippen LogP contribution in [0.15, 0.2) is 18.2 Å². The number of ether oxygens (including phenoxy) is 1. The minimum atomic E-state index is -4.19. The lowest BCUT2D eigenvalue weighted by Gasteiger charge is -2.10. The molecule has 0 heterocycles. The first-order valence-corrected chi connectivity index (χ1v) is 5.78. The molecule has 7 heteroatoms. The fraction of sp³-hybridized carbons (Fsp3) is 0.400. The molecular formula is C10H13F3N2OS. The third-order valence-electron chi connectivity index (χ3n) is 1.86. The van der Waals surface area contributed by atoms with E-state index in [0.717, 1.165) is 0 Å². The summed E-state index contributed by atoms with van der Waals surface area (Å²) in [6.45, 7) is 0.205. The average Bonchev–Trinajstić information content (AvgIpc) is 2.22. The zero-order valence-electron chi connectivity index (χ0n) is 9.17. The van der Waals surface area contributed by atoms with E-state index in [2.05, 4.69) is 5.32 Å². The van der Waals surface area contributed by atoms with Crippen molar-refractivity contribution < 1.29 is 17.9 Å². The summed E-state index contributed by atoms with van der Waals surface area (Å²) in [7, 11) is 1.50. The van der Waals surface area contributed by atoms with Gasteiger partial charge in [-0.15, -0.1) is 0 Å². The standard InChI is InChI=1S/C10H13F3N2OS/c1-16-9-5-7(14)4-8(6-9)15-2-3-17-10(11,12)13/h4-6,15H,2-3,14H2,1H3. The number of anilines is 2. The van der Waals surface area contributed by atoms with Crippen LogP contribution in [-0.4, -0.2) is 24.9 Å². The van der Waals surface area contributed by atoms with Gasteiger partial charge in [-0.2, -0.15) is 13.2 Å². The van der Waals surface area contributed by atoms with Gasteiger partial charge in [0, 0.05) is 35.8 Å². The van der Waals surface area contributed by atoms with E-state index in [4.69, 9.17) is 10.5 Å². The summed E-state index contributed by atoms with van der Waals surface area (Å²) in [6.07, 6.45) is 0. The van der Waals surface area contributed by atoms with E-state index in [1.807, 2.05) is 0 Å². The van der Waals surface area contributed by atoms with Crippen LogP contribution in [0.4, 0.5) is 24.5 Å². The van der Waals surface area contributed by atoms with Crippen molar-refractivity contribution in [1.29, 1.82) is 0 Å². The molecule has 0 radical (unpaired) electrons. The normalized spacial score (nSPS) is 11.3. The first-order valence-electron chi connectivity index (χ1n) is 4.80. The second-order valence-corrected chi connectivity index (χ2v) is 4.38. The Hall–Kier alpha value is -1.24. The van der Waals surface area contributed by atoms with Gasteiger partial charge >= 0.3 is 5.51 Å². The Morgan fingerprint density at radius 1 is 1.35 bits per heavy atom. The SMILES string of the molecule is COc1cc(N)cc(NCCSC(F)(F)F)c1. The number of alkyl halides is 3. The van der Waals surface area contributed by atoms with Crippen molar-refractivity contribution in [3.05, 3.63) is 18.2 Å². The highest BCUT2D eigenvalue weighted by Gasteiger charge is 2.27. The molecule has 96 valence electrons. The Morgan fingerprint density at radius 3 is 2.65 bits per heavy atom. The summed E-state index contributed by atoms with van der Waals surface area (Å²) >= 11 is -0.0580. The van der Waals surface area contributed by atoms with Gasteiger partial charge in [0.05, 0.1) is 7.11 Å². The van der Waals surface area contributed by atoms with Gasteiger partial charge in [0.2, 0.25) is 0 Å². The Bertz CT molecular complexity index is 371. The second-order valence-electron chi connectivity index (χ2n) is 3.22. The predicted molar refractivity (Wildman–Crippen MR) is 64.4 cm³/mol. The second kappa shape index (κ2) is 5.90. The highest BCUT2D eigenvalue weighted by atomic mass is 32.2. The number of hydrogen-bond donors (Lipinski definition) is 2. The van der Waals surface area contributed by atoms with Crippen LogP contribution in [0, 0.1) is 0 Å². The fourth-order valence-corrected chi connectivity index (χ4v) is 1.64. The maximum absolute atomic E-state index is 11.9. The third-order valence-corrected chi connectivity index (χ3v) is 2.60. The zero-order valence-corrected chi connectivity index (χ0v) is 9.99. The third kappa shape index (κ3) is 5.58. The van der Waals surface area contributed by atoms with Crippen LogP contribution in [0.1, 0.15) is 0 Å². The van der Waals surface area contributed by atoms with Gasteiger partial charge in [0.15, 0.2) is 0 Å². The van der Waals surface area contributed by atoms with Gasteiger partial charge in [-0.25, -0.2) is 0 Å². The molecule has 1 aromatic rings. The minimum absolute atomic E-state index is 0.0549. The van der Waals surface area contributed by atoms with Crippen molar-refractivity contribution in [1.82, 2.24) is 0 Å². The van der Waals surface area contributed by atoms with Gasteiger partial charge in [-0.05, 0) is 17.8 Å². The first-order chi connectivity index (χ1) is 7.90. The summed E-state index contributed by atoms with van der Waals surface area (Å²) in [6, 6.07) is 4.95. The number of nitrogens with one attached hydrogen (secondary N) is 1. The molecule has 0 bridgehead atoms. The summed E-state index contributed by atoms with van der Waals surface area (Å²) in [4.78, 5) is 0. The van der Waals surface area contributed by atoms with Gasteiger partial charge in [0.25, 0.3) is 0 Å². The molecule has 17 heavy (non-hydrogen) atoms. The molecule has 0 aliphatic heterocycles. The minimum Gasteiger partial charge on any atom is -0.497 e. The summed E-state index contributed by atoms with van der Waals surface area (Å²) in [5.74, 6) is 0.511. The molecule has 0 unspecified atom stereocenters. The van der Waals surface area contributed by atoms with Gasteiger partial charge in [-0.1, -0.05) is 0 Å². The van der Waals surface area contributed by atoms with Crippen molar-refractivity contribution >= 4 is 23.1 Å². The summed E-state index contributed by atoms with van der Waals surface area (Å²) in [5.41, 5.74) is 2.56. The molecule has 3 N–H and O–H groups in total. The van der Waals surface area contributed by atoms with Crippen molar-refractivity contribution in [3.63, 3.8) is 0 Å². The molecule has 0 aliphatic carbocycles. The monoisotopic (exact) mass is 266 g/mol. The van der Waals surface area contributed by atoms with E-state index in [1.54, 1.807) is 18.2 Å². The Balaban J connectivity index is 2.44. The molecule has 0 saturated heterocycles. The molecule has 0 amide bonds. The molecule has 0 spiro atoms. The molecule has 1 aromatic carbocycles. The fourth-order valence-electron chi connectivity index (χ4n) is 1.20. The van der Waals surface area contributed by atoms with Crippen molar-refractivity contribution in [2.45, 2.75) is 5.51 Å². The van der Waals surface area contributed by atoms with E-state index < -0.39 is 5.51 Å². The highest BCUT2D eigenvalue weighted by Crippen LogP contribution is 2.30. The van der Waals surface area contributed by atoms with Crippen LogP contribution < -0.4 is 15.8 Å². The molecule has 0 aromatic heterocycles. The topological polar surface area (TPSA) is 47.3 Å². The van der Waals surface area contributed by atoms with Gasteiger partial charge < -0.3 is 15.8 Å². The van der Waals surface area contributed by atoms with Gasteiger partial charge in [-0.3, -0.25) is 0 Å². The van der Waals surface area contributed by atoms with Crippen molar-refractivity contribution in [2.24, 2.45) is 0 Å². The summed E-state index contributed by atoms with van der Waals surface area (Å²) < 4.78 is 40.6. The van der Waals surface area contributed by atoms with E-state index in [1.165, 1.54) is 7.11 Å². The van der Waals surface area contributed by atoms with E-state index in [0.29, 0.717) is 17.1 Å². The first kappa shape index (κ1) is 13.8. The number of methoxy groups -OCH3 is 1. The van der Waals surface area contributed by atoms with E-state index >= 15 is 0 Å². The Kier molecular flexibility index (Phi) is 4.80. The van der Waals surface area contributed by atoms with Crippen LogP contribution in [0.25, 0.3) is 0 Å². The lowest BCUT2D eigenvalue weighted by molar-refractivity contribution is -0.0327. The zero-order chi connectivity index (χ0) is 12.9. The highest BCUT2D eigenvalue weighted by molar-refractivity contribution is 8.00. The van der Waals surface area contributed by atoms with Crippen LogP contribution in [0.3, 0.4) is 0 Å². The van der Waals surface area contributed by atoms with Gasteiger partial charge in [0.1, 0.15) is 5.75 Å². The van der Waals surface area contributed by atoms with E-state index in [-0.39, 0.29) is 24.1 Å². The maximum Gasteiger partial charge on any atom is 0.441 e. The smallest absolute Gasteiger partial charge is 0.441 e. The quantitative estimate of drug-likeness (QED) is 0.635.